The summed E-state index contributed by atoms with van der Waals surface area (Å²) >= 11 is 1.53. The lowest BCUT2D eigenvalue weighted by Gasteiger charge is -2.16. The Bertz CT molecular complexity index is 1820. The van der Waals surface area contributed by atoms with Crippen LogP contribution in [0.3, 0.4) is 0 Å². The van der Waals surface area contributed by atoms with Gasteiger partial charge < -0.3 is 25.4 Å². The third-order valence-corrected chi connectivity index (χ3v) is 8.33. The van der Waals surface area contributed by atoms with Crippen LogP contribution in [-0.4, -0.2) is 74.9 Å². The summed E-state index contributed by atoms with van der Waals surface area (Å²) in [6.07, 6.45) is 6.04. The minimum absolute atomic E-state index is 0.0858. The molecule has 0 saturated carbocycles. The van der Waals surface area contributed by atoms with Crippen molar-refractivity contribution < 1.29 is 19.4 Å². The van der Waals surface area contributed by atoms with E-state index in [0.717, 1.165) is 33.2 Å². The Morgan fingerprint density at radius 3 is 2.67 bits per heavy atom. The maximum absolute atomic E-state index is 12.0. The van der Waals surface area contributed by atoms with E-state index in [1.165, 1.54) is 22.5 Å². The maximum atomic E-state index is 12.0. The summed E-state index contributed by atoms with van der Waals surface area (Å²) in [5, 5.41) is 25.3. The normalized spacial score (nSPS) is 12.9. The molecule has 1 saturated heterocycles. The highest BCUT2D eigenvalue weighted by Gasteiger charge is 2.20. The van der Waals surface area contributed by atoms with Gasteiger partial charge in [-0.1, -0.05) is 65.9 Å². The van der Waals surface area contributed by atoms with Crippen LogP contribution in [0.15, 0.2) is 84.4 Å². The molecule has 11 nitrogen and oxygen atoms in total. The molecule has 0 unspecified atom stereocenters. The summed E-state index contributed by atoms with van der Waals surface area (Å²) in [5.74, 6) is 0.626. The number of aryl methyl sites for hydroxylation is 1. The molecule has 6 rings (SSSR count). The second-order valence-corrected chi connectivity index (χ2v) is 11.5. The molecule has 3 N–H and O–H groups in total. The fraction of sp³-hybridized carbons (Fsp3) is 0.206. The topological polar surface area (TPSA) is 134 Å². The standard InChI is InChI=1S/C34H33N7O4S/c42-33-35-17-18-40(33)19-20-45-31-21-29(41-22-27(38-39-41)7-4-16-36-34(43)44)14-15-30(31)32-37-28(23-46-32)13-10-24-8-11-26(12-9-24)25-5-2-1-3-6-25/h1-3,5-6,8-15,21-23,36H,4,7,16-20H2,(H,35,42)(H,43,44)/b13-10+. The number of ether oxygens (including phenoxy) is 1. The Hall–Kier alpha value is -5.49. The molecule has 3 aromatic carbocycles. The minimum Gasteiger partial charge on any atom is -0.491 e. The summed E-state index contributed by atoms with van der Waals surface area (Å²) in [6.45, 7) is 2.40. The van der Waals surface area contributed by atoms with E-state index in [1.807, 2.05) is 54.1 Å². The van der Waals surface area contributed by atoms with Gasteiger partial charge in [-0.25, -0.2) is 19.3 Å². The van der Waals surface area contributed by atoms with Crippen LogP contribution < -0.4 is 15.4 Å². The van der Waals surface area contributed by atoms with Crippen molar-refractivity contribution in [2.75, 3.05) is 32.8 Å². The van der Waals surface area contributed by atoms with Crippen molar-refractivity contribution in [3.05, 3.63) is 101 Å². The van der Waals surface area contributed by atoms with Gasteiger partial charge in [0.1, 0.15) is 17.4 Å². The second kappa shape index (κ2) is 14.5. The van der Waals surface area contributed by atoms with Crippen LogP contribution in [0, 0.1) is 0 Å². The highest BCUT2D eigenvalue weighted by atomic mass is 32.1. The van der Waals surface area contributed by atoms with Crippen LogP contribution in [0.5, 0.6) is 5.75 Å². The monoisotopic (exact) mass is 635 g/mol. The molecule has 12 heteroatoms. The van der Waals surface area contributed by atoms with Crippen molar-refractivity contribution in [3.63, 3.8) is 0 Å². The molecule has 2 aromatic heterocycles. The Balaban J connectivity index is 1.18. The first kappa shape index (κ1) is 30.5. The summed E-state index contributed by atoms with van der Waals surface area (Å²) in [6, 6.07) is 24.4. The van der Waals surface area contributed by atoms with Crippen LogP contribution in [0.1, 0.15) is 23.4 Å². The van der Waals surface area contributed by atoms with Crippen molar-refractivity contribution in [1.82, 2.24) is 35.5 Å². The number of amides is 3. The second-order valence-electron chi connectivity index (χ2n) is 10.6. The van der Waals surface area contributed by atoms with E-state index >= 15 is 0 Å². The van der Waals surface area contributed by atoms with E-state index in [2.05, 4.69) is 63.4 Å². The minimum atomic E-state index is -1.04. The fourth-order valence-corrected chi connectivity index (χ4v) is 5.85. The molecule has 46 heavy (non-hydrogen) atoms. The van der Waals surface area contributed by atoms with Gasteiger partial charge in [0.2, 0.25) is 0 Å². The van der Waals surface area contributed by atoms with Crippen LogP contribution in [0.2, 0.25) is 0 Å². The van der Waals surface area contributed by atoms with Crippen LogP contribution in [-0.2, 0) is 6.42 Å². The average Bonchev–Trinajstić information content (AvgIpc) is 3.85. The number of carboxylic acid groups (broad SMARTS) is 1. The molecule has 0 radical (unpaired) electrons. The van der Waals surface area contributed by atoms with E-state index in [0.29, 0.717) is 51.4 Å². The number of aromatic nitrogens is 4. The Morgan fingerprint density at radius 2 is 1.89 bits per heavy atom. The quantitative estimate of drug-likeness (QED) is 0.139. The Morgan fingerprint density at radius 1 is 1.07 bits per heavy atom. The van der Waals surface area contributed by atoms with Gasteiger partial charge in [0.05, 0.1) is 35.4 Å². The molecule has 234 valence electrons. The molecule has 1 aliphatic heterocycles. The number of carbonyl (C=O) groups excluding carboxylic acids is 1. The highest BCUT2D eigenvalue weighted by molar-refractivity contribution is 7.13. The first-order valence-corrected chi connectivity index (χ1v) is 15.9. The van der Waals surface area contributed by atoms with Gasteiger partial charge in [-0.2, -0.15) is 0 Å². The number of thiazole rings is 1. The summed E-state index contributed by atoms with van der Waals surface area (Å²) < 4.78 is 7.93. The highest BCUT2D eigenvalue weighted by Crippen LogP contribution is 2.34. The smallest absolute Gasteiger partial charge is 0.404 e. The summed E-state index contributed by atoms with van der Waals surface area (Å²) in [5.41, 5.74) is 6.63. The molecule has 1 aliphatic rings. The number of hydrogen-bond donors (Lipinski definition) is 3. The van der Waals surface area contributed by atoms with Gasteiger partial charge in [-0.05, 0) is 47.7 Å². The van der Waals surface area contributed by atoms with Crippen LogP contribution in [0.25, 0.3) is 39.5 Å². The van der Waals surface area contributed by atoms with Gasteiger partial charge in [-0.3, -0.25) is 0 Å². The number of nitrogens with one attached hydrogen (secondary N) is 2. The van der Waals surface area contributed by atoms with Crippen molar-refractivity contribution in [2.24, 2.45) is 0 Å². The van der Waals surface area contributed by atoms with E-state index in [-0.39, 0.29) is 6.03 Å². The van der Waals surface area contributed by atoms with Crippen molar-refractivity contribution in [2.45, 2.75) is 12.8 Å². The molecule has 0 bridgehead atoms. The number of urea groups is 1. The molecular weight excluding hydrogens is 602 g/mol. The third-order valence-electron chi connectivity index (χ3n) is 7.44. The summed E-state index contributed by atoms with van der Waals surface area (Å²) in [4.78, 5) is 29.3. The van der Waals surface area contributed by atoms with Gasteiger partial charge >= 0.3 is 12.1 Å². The number of benzene rings is 3. The van der Waals surface area contributed by atoms with Crippen LogP contribution in [0.4, 0.5) is 9.59 Å². The lowest BCUT2D eigenvalue weighted by Crippen LogP contribution is -2.31. The lowest BCUT2D eigenvalue weighted by atomic mass is 10.0. The predicted octanol–water partition coefficient (Wildman–Crippen LogP) is 5.83. The number of hydrogen-bond acceptors (Lipinski definition) is 7. The van der Waals surface area contributed by atoms with Gasteiger partial charge in [0.25, 0.3) is 0 Å². The molecule has 0 aliphatic carbocycles. The molecule has 0 atom stereocenters. The van der Waals surface area contributed by atoms with Gasteiger partial charge in [0.15, 0.2) is 0 Å². The Kier molecular flexibility index (Phi) is 9.64. The summed E-state index contributed by atoms with van der Waals surface area (Å²) in [7, 11) is 0. The molecule has 5 aromatic rings. The SMILES string of the molecule is O=C(O)NCCCc1cn(-c2ccc(-c3nc(/C=C/c4ccc(-c5ccccc5)cc4)cs3)c(OCCN3CCNC3=O)c2)nn1. The first-order valence-electron chi connectivity index (χ1n) is 15.0. The molecule has 3 heterocycles. The predicted molar refractivity (Wildman–Crippen MR) is 178 cm³/mol. The van der Waals surface area contributed by atoms with Crippen molar-refractivity contribution >= 4 is 35.6 Å². The number of carbonyl (C=O) groups is 2. The van der Waals surface area contributed by atoms with Crippen LogP contribution >= 0.6 is 11.3 Å². The number of rotatable bonds is 13. The molecule has 3 amide bonds. The van der Waals surface area contributed by atoms with Gasteiger partial charge in [0, 0.05) is 31.1 Å². The lowest BCUT2D eigenvalue weighted by molar-refractivity contribution is 0.194. The molecule has 1 fully saturated rings. The van der Waals surface area contributed by atoms with E-state index in [4.69, 9.17) is 14.8 Å². The number of nitrogens with zero attached hydrogens (tertiary/aromatic N) is 5. The zero-order chi connectivity index (χ0) is 31.7. The molecule has 0 spiro atoms. The maximum Gasteiger partial charge on any atom is 0.404 e. The van der Waals surface area contributed by atoms with E-state index in [9.17, 15) is 9.59 Å². The van der Waals surface area contributed by atoms with E-state index in [1.54, 1.807) is 9.58 Å². The van der Waals surface area contributed by atoms with E-state index < -0.39 is 6.09 Å². The zero-order valence-electron chi connectivity index (χ0n) is 25.0. The largest absolute Gasteiger partial charge is 0.491 e. The zero-order valence-corrected chi connectivity index (χ0v) is 25.8. The Labute approximate surface area is 270 Å². The van der Waals surface area contributed by atoms with Crippen molar-refractivity contribution in [1.29, 1.82) is 0 Å². The first-order chi connectivity index (χ1) is 22.5. The fourth-order valence-electron chi connectivity index (χ4n) is 5.03. The average molecular weight is 636 g/mol. The third kappa shape index (κ3) is 7.77. The van der Waals surface area contributed by atoms with Gasteiger partial charge in [-0.15, -0.1) is 16.4 Å². The molecular formula is C34H33N7O4S. The van der Waals surface area contributed by atoms with Crippen molar-refractivity contribution in [3.8, 4) is 33.1 Å².